The van der Waals surface area contributed by atoms with E-state index < -0.39 is 36.0 Å². The summed E-state index contributed by atoms with van der Waals surface area (Å²) in [5, 5.41) is 12.9. The Morgan fingerprint density at radius 3 is 2.63 bits per heavy atom. The highest BCUT2D eigenvalue weighted by Gasteiger charge is 2.52. The number of hydrogen-bond donors (Lipinski definition) is 3. The van der Waals surface area contributed by atoms with Gasteiger partial charge in [-0.3, -0.25) is 15.0 Å². The van der Waals surface area contributed by atoms with Gasteiger partial charge in [0, 0.05) is 0 Å². The van der Waals surface area contributed by atoms with Crippen LogP contribution in [0.15, 0.2) is 24.3 Å². The summed E-state index contributed by atoms with van der Waals surface area (Å²) in [6, 6.07) is 5.04. The second-order valence-electron chi connectivity index (χ2n) is 6.96. The number of hydrogen-bond acceptors (Lipinski definition) is 6. The molecule has 144 valence electrons. The quantitative estimate of drug-likeness (QED) is 0.534. The van der Waals surface area contributed by atoms with Gasteiger partial charge in [0.15, 0.2) is 6.61 Å². The van der Waals surface area contributed by atoms with E-state index in [2.05, 4.69) is 17.7 Å². The number of ether oxygens (including phenoxy) is 1. The van der Waals surface area contributed by atoms with Crippen molar-refractivity contribution in [1.82, 2.24) is 15.8 Å². The fraction of sp³-hybridized carbons (Fsp3) is 0.444. The highest BCUT2D eigenvalue weighted by Crippen LogP contribution is 2.35. The molecule has 0 bridgehead atoms. The molecule has 27 heavy (non-hydrogen) atoms. The van der Waals surface area contributed by atoms with E-state index >= 15 is 0 Å². The second kappa shape index (κ2) is 7.26. The number of hydrazine groups is 1. The molecule has 3 N–H and O–H groups in total. The number of para-hydroxylation sites is 1. The molecule has 2 aliphatic rings. The predicted octanol–water partition coefficient (Wildman–Crippen LogP) is 1.08. The molecule has 0 atom stereocenters. The fourth-order valence-corrected chi connectivity index (χ4v) is 3.33. The van der Waals surface area contributed by atoms with Crippen LogP contribution in [0.25, 0.3) is 0 Å². The lowest BCUT2D eigenvalue weighted by Crippen LogP contribution is -2.52. The fourth-order valence-electron chi connectivity index (χ4n) is 3.33. The number of phenolic OH excluding ortho intramolecular Hbond substituents is 1. The van der Waals surface area contributed by atoms with Crippen molar-refractivity contribution < 1.29 is 29.0 Å². The highest BCUT2D eigenvalue weighted by molar-refractivity contribution is 6.08. The Hall–Kier alpha value is -3.10. The van der Waals surface area contributed by atoms with Crippen LogP contribution < -0.4 is 10.7 Å². The largest absolute Gasteiger partial charge is 0.507 e. The van der Waals surface area contributed by atoms with Crippen LogP contribution in [0.1, 0.15) is 43.0 Å². The van der Waals surface area contributed by atoms with Crippen molar-refractivity contribution in [3.8, 4) is 5.75 Å². The standard InChI is InChI=1S/C18H21N3O6/c1-11-6-8-18(9-7-11)16(25)21(17(26)19-18)20-14(23)10-27-15(24)12-4-2-3-5-13(12)22/h2-5,11,22H,6-10H2,1H3,(H,19,26)(H,20,23). The van der Waals surface area contributed by atoms with Crippen LogP contribution in [-0.2, 0) is 14.3 Å². The third kappa shape index (κ3) is 3.71. The Kier molecular flexibility index (Phi) is 5.02. The normalized spacial score (nSPS) is 24.6. The summed E-state index contributed by atoms with van der Waals surface area (Å²) in [5.74, 6) is -2.01. The van der Waals surface area contributed by atoms with Gasteiger partial charge < -0.3 is 15.2 Å². The van der Waals surface area contributed by atoms with Gasteiger partial charge in [0.25, 0.3) is 11.8 Å². The number of carbonyl (C=O) groups excluding carboxylic acids is 4. The number of amides is 4. The van der Waals surface area contributed by atoms with Gasteiger partial charge in [0.1, 0.15) is 16.9 Å². The maximum absolute atomic E-state index is 12.6. The van der Waals surface area contributed by atoms with Gasteiger partial charge in [-0.25, -0.2) is 9.59 Å². The van der Waals surface area contributed by atoms with Gasteiger partial charge in [-0.05, 0) is 43.7 Å². The monoisotopic (exact) mass is 375 g/mol. The van der Waals surface area contributed by atoms with E-state index in [-0.39, 0.29) is 11.3 Å². The Balaban J connectivity index is 1.56. The molecule has 3 rings (SSSR count). The molecule has 1 aromatic carbocycles. The molecule has 4 amide bonds. The first-order valence-electron chi connectivity index (χ1n) is 8.74. The summed E-state index contributed by atoms with van der Waals surface area (Å²) in [7, 11) is 0. The lowest BCUT2D eigenvalue weighted by atomic mass is 9.77. The number of benzene rings is 1. The van der Waals surface area contributed by atoms with E-state index in [1.165, 1.54) is 24.3 Å². The third-order valence-electron chi connectivity index (χ3n) is 4.98. The SMILES string of the molecule is CC1CCC2(CC1)NC(=O)N(NC(=O)COC(=O)c1ccccc1O)C2=O. The number of aromatic hydroxyl groups is 1. The van der Waals surface area contributed by atoms with E-state index in [0.717, 1.165) is 12.8 Å². The molecule has 0 aromatic heterocycles. The van der Waals surface area contributed by atoms with E-state index in [1.807, 2.05) is 0 Å². The van der Waals surface area contributed by atoms with Gasteiger partial charge in [0.05, 0.1) is 0 Å². The molecule has 1 spiro atoms. The van der Waals surface area contributed by atoms with Crippen molar-refractivity contribution in [1.29, 1.82) is 0 Å². The second-order valence-corrected chi connectivity index (χ2v) is 6.96. The van der Waals surface area contributed by atoms with Crippen molar-refractivity contribution >= 4 is 23.8 Å². The zero-order valence-electron chi connectivity index (χ0n) is 14.9. The minimum Gasteiger partial charge on any atom is -0.507 e. The first kappa shape index (κ1) is 18.7. The first-order chi connectivity index (χ1) is 12.8. The zero-order valence-corrected chi connectivity index (χ0v) is 14.9. The number of urea groups is 1. The molecule has 1 saturated carbocycles. The van der Waals surface area contributed by atoms with Crippen LogP contribution in [0.4, 0.5) is 4.79 Å². The summed E-state index contributed by atoms with van der Waals surface area (Å²) in [5.41, 5.74) is 1.12. The molecule has 1 saturated heterocycles. The lowest BCUT2D eigenvalue weighted by Gasteiger charge is -2.33. The summed E-state index contributed by atoms with van der Waals surface area (Å²) < 4.78 is 4.82. The summed E-state index contributed by atoms with van der Waals surface area (Å²) in [6.45, 7) is 1.39. The van der Waals surface area contributed by atoms with E-state index in [9.17, 15) is 24.3 Å². The number of nitrogens with one attached hydrogen (secondary N) is 2. The van der Waals surface area contributed by atoms with Crippen LogP contribution >= 0.6 is 0 Å². The molecule has 9 heteroatoms. The van der Waals surface area contributed by atoms with Crippen molar-refractivity contribution in [2.45, 2.75) is 38.1 Å². The lowest BCUT2D eigenvalue weighted by molar-refractivity contribution is -0.141. The van der Waals surface area contributed by atoms with Crippen molar-refractivity contribution in [3.05, 3.63) is 29.8 Å². The molecule has 1 aliphatic carbocycles. The maximum atomic E-state index is 12.6. The zero-order chi connectivity index (χ0) is 19.6. The minimum atomic E-state index is -0.969. The van der Waals surface area contributed by atoms with Crippen LogP contribution in [0.3, 0.4) is 0 Å². The number of esters is 1. The Bertz CT molecular complexity index is 785. The Morgan fingerprint density at radius 1 is 1.30 bits per heavy atom. The molecular weight excluding hydrogens is 354 g/mol. The molecule has 9 nitrogen and oxygen atoms in total. The smallest absolute Gasteiger partial charge is 0.344 e. The highest BCUT2D eigenvalue weighted by atomic mass is 16.5. The van der Waals surface area contributed by atoms with Gasteiger partial charge >= 0.3 is 12.0 Å². The number of phenols is 1. The topological polar surface area (TPSA) is 125 Å². The summed E-state index contributed by atoms with van der Waals surface area (Å²) >= 11 is 0. The van der Waals surface area contributed by atoms with Gasteiger partial charge in [-0.15, -0.1) is 0 Å². The predicted molar refractivity (Wildman–Crippen MR) is 92.3 cm³/mol. The summed E-state index contributed by atoms with van der Waals surface area (Å²) in [6.07, 6.45) is 2.67. The van der Waals surface area contributed by atoms with E-state index in [0.29, 0.717) is 23.8 Å². The average molecular weight is 375 g/mol. The summed E-state index contributed by atoms with van der Waals surface area (Å²) in [4.78, 5) is 48.6. The van der Waals surface area contributed by atoms with Gasteiger partial charge in [0.2, 0.25) is 0 Å². The molecule has 2 fully saturated rings. The van der Waals surface area contributed by atoms with Crippen molar-refractivity contribution in [2.75, 3.05) is 6.61 Å². The molecule has 0 unspecified atom stereocenters. The van der Waals surface area contributed by atoms with Crippen LogP contribution in [0, 0.1) is 5.92 Å². The Morgan fingerprint density at radius 2 is 1.96 bits per heavy atom. The average Bonchev–Trinajstić information content (AvgIpc) is 2.87. The molecule has 0 radical (unpaired) electrons. The first-order valence-corrected chi connectivity index (χ1v) is 8.74. The van der Waals surface area contributed by atoms with Crippen molar-refractivity contribution in [2.24, 2.45) is 5.92 Å². The number of nitrogens with zero attached hydrogens (tertiary/aromatic N) is 1. The molecule has 1 aromatic rings. The maximum Gasteiger partial charge on any atom is 0.344 e. The minimum absolute atomic E-state index is 0.0874. The third-order valence-corrected chi connectivity index (χ3v) is 4.98. The van der Waals surface area contributed by atoms with E-state index in [4.69, 9.17) is 4.74 Å². The number of imide groups is 1. The van der Waals surface area contributed by atoms with Crippen LogP contribution in [0.5, 0.6) is 5.75 Å². The van der Waals surface area contributed by atoms with Crippen LogP contribution in [0.2, 0.25) is 0 Å². The van der Waals surface area contributed by atoms with E-state index in [1.54, 1.807) is 0 Å². The molecule has 1 aliphatic heterocycles. The Labute approximate surface area is 155 Å². The molecular formula is C18H21N3O6. The van der Waals surface area contributed by atoms with Crippen LogP contribution in [-0.4, -0.2) is 46.1 Å². The van der Waals surface area contributed by atoms with Gasteiger partial charge in [-0.2, -0.15) is 5.01 Å². The van der Waals surface area contributed by atoms with Crippen molar-refractivity contribution in [3.63, 3.8) is 0 Å². The molecule has 1 heterocycles. The number of rotatable bonds is 4. The van der Waals surface area contributed by atoms with Gasteiger partial charge in [-0.1, -0.05) is 19.1 Å². The number of carbonyl (C=O) groups is 4.